The van der Waals surface area contributed by atoms with Crippen molar-refractivity contribution in [2.45, 2.75) is 13.8 Å². The van der Waals surface area contributed by atoms with Crippen molar-refractivity contribution in [3.63, 3.8) is 0 Å². The summed E-state index contributed by atoms with van der Waals surface area (Å²) in [7, 11) is 0. The van der Waals surface area contributed by atoms with Crippen molar-refractivity contribution in [1.82, 2.24) is 20.2 Å². The molecule has 0 atom stereocenters. The molecule has 6 nitrogen and oxygen atoms in total. The molecule has 0 unspecified atom stereocenters. The minimum Gasteiger partial charge on any atom is -0.354 e. The zero-order valence-corrected chi connectivity index (χ0v) is 12.8. The summed E-state index contributed by atoms with van der Waals surface area (Å²) >= 11 is 0. The van der Waals surface area contributed by atoms with Crippen molar-refractivity contribution in [2.24, 2.45) is 0 Å². The van der Waals surface area contributed by atoms with E-state index < -0.39 is 0 Å². The quantitative estimate of drug-likeness (QED) is 0.814. The number of rotatable bonds is 5. The van der Waals surface area contributed by atoms with Crippen LogP contribution in [0.25, 0.3) is 0 Å². The molecule has 0 aromatic carbocycles. The van der Waals surface area contributed by atoms with Gasteiger partial charge in [0, 0.05) is 38.8 Å². The molecular formula is C15H23N5O. The maximum atomic E-state index is 12.0. The van der Waals surface area contributed by atoms with E-state index in [9.17, 15) is 4.79 Å². The molecule has 1 N–H and O–H groups in total. The van der Waals surface area contributed by atoms with Crippen molar-refractivity contribution in [3.8, 4) is 0 Å². The van der Waals surface area contributed by atoms with Crippen LogP contribution in [0.5, 0.6) is 0 Å². The van der Waals surface area contributed by atoms with Crippen LogP contribution >= 0.6 is 0 Å². The summed E-state index contributed by atoms with van der Waals surface area (Å²) in [5, 5.41) is 2.75. The Balaban J connectivity index is 2.11. The van der Waals surface area contributed by atoms with Gasteiger partial charge in [0.2, 0.25) is 0 Å². The van der Waals surface area contributed by atoms with Crippen LogP contribution in [-0.4, -0.2) is 60.0 Å². The lowest BCUT2D eigenvalue weighted by Crippen LogP contribution is -2.46. The van der Waals surface area contributed by atoms with E-state index in [1.165, 1.54) is 0 Å². The molecule has 21 heavy (non-hydrogen) atoms. The first-order valence-corrected chi connectivity index (χ1v) is 7.36. The predicted octanol–water partition coefficient (Wildman–Crippen LogP) is 0.843. The van der Waals surface area contributed by atoms with E-state index in [-0.39, 0.29) is 5.91 Å². The highest BCUT2D eigenvalue weighted by molar-refractivity contribution is 5.93. The van der Waals surface area contributed by atoms with Gasteiger partial charge >= 0.3 is 0 Å². The van der Waals surface area contributed by atoms with Gasteiger partial charge in [0.25, 0.3) is 5.91 Å². The van der Waals surface area contributed by atoms with Gasteiger partial charge in [-0.25, -0.2) is 9.97 Å². The van der Waals surface area contributed by atoms with E-state index in [0.29, 0.717) is 18.1 Å². The minimum absolute atomic E-state index is 0.186. The van der Waals surface area contributed by atoms with Crippen LogP contribution in [0.2, 0.25) is 0 Å². The molecule has 2 heterocycles. The SMILES string of the molecule is C=CCNC(=O)c1cc(N2CCN(CC)CC2)nc(C)n1. The molecule has 1 amide bonds. The molecule has 1 aliphatic heterocycles. The van der Waals surface area contributed by atoms with Crippen LogP contribution in [0.1, 0.15) is 23.2 Å². The molecule has 0 bridgehead atoms. The zero-order chi connectivity index (χ0) is 15.2. The second-order valence-electron chi connectivity index (χ2n) is 5.08. The number of piperazine rings is 1. The number of aryl methyl sites for hydroxylation is 1. The summed E-state index contributed by atoms with van der Waals surface area (Å²) in [5.41, 5.74) is 0.414. The number of likely N-dealkylation sites (N-methyl/N-ethyl adjacent to an activating group) is 1. The molecule has 1 aromatic heterocycles. The third-order valence-electron chi connectivity index (χ3n) is 3.61. The Morgan fingerprint density at radius 1 is 1.38 bits per heavy atom. The molecule has 0 spiro atoms. The minimum atomic E-state index is -0.186. The monoisotopic (exact) mass is 289 g/mol. The lowest BCUT2D eigenvalue weighted by Gasteiger charge is -2.34. The zero-order valence-electron chi connectivity index (χ0n) is 12.8. The van der Waals surface area contributed by atoms with Gasteiger partial charge in [0.15, 0.2) is 0 Å². The van der Waals surface area contributed by atoms with Crippen LogP contribution < -0.4 is 10.2 Å². The molecule has 0 radical (unpaired) electrons. The van der Waals surface area contributed by atoms with E-state index in [0.717, 1.165) is 38.5 Å². The lowest BCUT2D eigenvalue weighted by atomic mass is 10.3. The number of carbonyl (C=O) groups excluding carboxylic acids is 1. The van der Waals surface area contributed by atoms with Crippen LogP contribution in [-0.2, 0) is 0 Å². The van der Waals surface area contributed by atoms with Crippen LogP contribution in [0.3, 0.4) is 0 Å². The smallest absolute Gasteiger partial charge is 0.270 e. The van der Waals surface area contributed by atoms with Gasteiger partial charge in [-0.1, -0.05) is 13.0 Å². The van der Waals surface area contributed by atoms with Gasteiger partial charge in [0.1, 0.15) is 17.3 Å². The van der Waals surface area contributed by atoms with Gasteiger partial charge in [-0.15, -0.1) is 6.58 Å². The predicted molar refractivity (Wildman–Crippen MR) is 83.6 cm³/mol. The largest absolute Gasteiger partial charge is 0.354 e. The fourth-order valence-corrected chi connectivity index (χ4v) is 2.38. The Morgan fingerprint density at radius 3 is 2.71 bits per heavy atom. The number of carbonyl (C=O) groups is 1. The molecule has 6 heteroatoms. The van der Waals surface area contributed by atoms with Crippen molar-refractivity contribution in [1.29, 1.82) is 0 Å². The first-order chi connectivity index (χ1) is 10.1. The number of aromatic nitrogens is 2. The highest BCUT2D eigenvalue weighted by Crippen LogP contribution is 2.15. The van der Waals surface area contributed by atoms with Crippen molar-refractivity contribution >= 4 is 11.7 Å². The normalized spacial score (nSPS) is 15.8. The summed E-state index contributed by atoms with van der Waals surface area (Å²) in [5.74, 6) is 1.27. The average Bonchev–Trinajstić information content (AvgIpc) is 2.52. The van der Waals surface area contributed by atoms with Crippen molar-refractivity contribution in [3.05, 3.63) is 30.2 Å². The maximum Gasteiger partial charge on any atom is 0.270 e. The van der Waals surface area contributed by atoms with Gasteiger partial charge in [-0.3, -0.25) is 4.79 Å². The highest BCUT2D eigenvalue weighted by atomic mass is 16.1. The highest BCUT2D eigenvalue weighted by Gasteiger charge is 2.19. The first kappa shape index (κ1) is 15.4. The molecule has 1 saturated heterocycles. The second kappa shape index (κ2) is 7.17. The van der Waals surface area contributed by atoms with Crippen LogP contribution in [0.15, 0.2) is 18.7 Å². The number of amides is 1. The molecule has 0 saturated carbocycles. The van der Waals surface area contributed by atoms with Gasteiger partial charge in [-0.2, -0.15) is 0 Å². The number of anilines is 1. The van der Waals surface area contributed by atoms with Gasteiger partial charge < -0.3 is 15.1 Å². The summed E-state index contributed by atoms with van der Waals surface area (Å²) in [6, 6.07) is 1.77. The third-order valence-corrected chi connectivity index (χ3v) is 3.61. The molecule has 2 rings (SSSR count). The summed E-state index contributed by atoms with van der Waals surface area (Å²) < 4.78 is 0. The van der Waals surface area contributed by atoms with E-state index in [1.807, 2.05) is 6.92 Å². The summed E-state index contributed by atoms with van der Waals surface area (Å²) in [4.78, 5) is 25.3. The number of nitrogens with zero attached hydrogens (tertiary/aromatic N) is 4. The molecule has 1 aromatic rings. The van der Waals surface area contributed by atoms with E-state index >= 15 is 0 Å². The average molecular weight is 289 g/mol. The van der Waals surface area contributed by atoms with Crippen molar-refractivity contribution < 1.29 is 4.79 Å². The Kier molecular flexibility index (Phi) is 5.27. The summed E-state index contributed by atoms with van der Waals surface area (Å²) in [6.07, 6.45) is 1.65. The number of hydrogen-bond donors (Lipinski definition) is 1. The van der Waals surface area contributed by atoms with Crippen molar-refractivity contribution in [2.75, 3.05) is 44.2 Å². The topological polar surface area (TPSA) is 61.4 Å². The molecule has 0 aliphatic carbocycles. The molecular weight excluding hydrogens is 266 g/mol. The fraction of sp³-hybridized carbons (Fsp3) is 0.533. The lowest BCUT2D eigenvalue weighted by molar-refractivity contribution is 0.0952. The van der Waals surface area contributed by atoms with E-state index in [1.54, 1.807) is 12.1 Å². The van der Waals surface area contributed by atoms with Crippen LogP contribution in [0, 0.1) is 6.92 Å². The Labute approximate surface area is 125 Å². The number of nitrogens with one attached hydrogen (secondary N) is 1. The van der Waals surface area contributed by atoms with Crippen LogP contribution in [0.4, 0.5) is 5.82 Å². The molecule has 1 aliphatic rings. The van der Waals surface area contributed by atoms with Gasteiger partial charge in [0.05, 0.1) is 0 Å². The Morgan fingerprint density at radius 2 is 2.10 bits per heavy atom. The number of hydrogen-bond acceptors (Lipinski definition) is 5. The molecule has 1 fully saturated rings. The molecule has 114 valence electrons. The third kappa shape index (κ3) is 4.01. The first-order valence-electron chi connectivity index (χ1n) is 7.36. The van der Waals surface area contributed by atoms with E-state index in [4.69, 9.17) is 0 Å². The summed E-state index contributed by atoms with van der Waals surface area (Å²) in [6.45, 7) is 13.0. The maximum absolute atomic E-state index is 12.0. The Bertz CT molecular complexity index is 509. The van der Waals surface area contributed by atoms with E-state index in [2.05, 4.69) is 38.6 Å². The second-order valence-corrected chi connectivity index (χ2v) is 5.08. The Hall–Kier alpha value is -1.95. The fourth-order valence-electron chi connectivity index (χ4n) is 2.38. The van der Waals surface area contributed by atoms with Gasteiger partial charge in [-0.05, 0) is 13.5 Å². The standard InChI is InChI=1S/C15H23N5O/c1-4-6-16-15(21)13-11-14(18-12(3)17-13)20-9-7-19(5-2)8-10-20/h4,11H,1,5-10H2,2-3H3,(H,16,21).